The molecule has 4 nitrogen and oxygen atoms in total. The minimum Gasteiger partial charge on any atom is -0.493 e. The predicted octanol–water partition coefficient (Wildman–Crippen LogP) is 3.68. The molecule has 5 heteroatoms. The highest BCUT2D eigenvalue weighted by atomic mass is 19.1. The van der Waals surface area contributed by atoms with Crippen LogP contribution >= 0.6 is 0 Å². The lowest BCUT2D eigenvalue weighted by molar-refractivity contribution is 0.0374. The number of morpholine rings is 1. The van der Waals surface area contributed by atoms with Gasteiger partial charge in [0.25, 0.3) is 0 Å². The Labute approximate surface area is 154 Å². The fourth-order valence-electron chi connectivity index (χ4n) is 3.18. The maximum atomic E-state index is 13.4. The van der Waals surface area contributed by atoms with E-state index < -0.39 is 0 Å². The zero-order valence-electron chi connectivity index (χ0n) is 15.2. The SMILES string of the molecule is COc1cccc(CCCN2CCOCC2)c1OCc1cccc(F)c1. The lowest BCUT2D eigenvalue weighted by Gasteiger charge is -2.26. The van der Waals surface area contributed by atoms with Crippen LogP contribution in [-0.4, -0.2) is 44.9 Å². The van der Waals surface area contributed by atoms with Crippen molar-refractivity contribution in [2.45, 2.75) is 19.4 Å². The minimum atomic E-state index is -0.253. The fourth-order valence-corrected chi connectivity index (χ4v) is 3.18. The summed E-state index contributed by atoms with van der Waals surface area (Å²) in [6, 6.07) is 12.4. The zero-order chi connectivity index (χ0) is 18.2. The van der Waals surface area contributed by atoms with Crippen LogP contribution in [0.25, 0.3) is 0 Å². The topological polar surface area (TPSA) is 30.9 Å². The Kier molecular flexibility index (Phi) is 6.86. The second-order valence-electron chi connectivity index (χ2n) is 6.42. The summed E-state index contributed by atoms with van der Waals surface area (Å²) in [6.45, 7) is 5.00. The Morgan fingerprint density at radius 3 is 2.69 bits per heavy atom. The van der Waals surface area contributed by atoms with Gasteiger partial charge in [-0.2, -0.15) is 0 Å². The molecule has 0 unspecified atom stereocenters. The molecule has 0 N–H and O–H groups in total. The third kappa shape index (κ3) is 5.19. The zero-order valence-corrected chi connectivity index (χ0v) is 15.2. The van der Waals surface area contributed by atoms with Crippen molar-refractivity contribution in [1.29, 1.82) is 0 Å². The van der Waals surface area contributed by atoms with Crippen molar-refractivity contribution >= 4 is 0 Å². The largest absolute Gasteiger partial charge is 0.493 e. The van der Waals surface area contributed by atoms with E-state index in [-0.39, 0.29) is 5.82 Å². The maximum absolute atomic E-state index is 13.4. The van der Waals surface area contributed by atoms with Gasteiger partial charge in [0.2, 0.25) is 0 Å². The third-order valence-electron chi connectivity index (χ3n) is 4.58. The van der Waals surface area contributed by atoms with E-state index in [1.807, 2.05) is 18.2 Å². The monoisotopic (exact) mass is 359 g/mol. The summed E-state index contributed by atoms with van der Waals surface area (Å²) in [5.74, 6) is 1.21. The summed E-state index contributed by atoms with van der Waals surface area (Å²) in [4.78, 5) is 2.43. The number of halogens is 1. The molecule has 0 atom stereocenters. The van der Waals surface area contributed by atoms with Crippen molar-refractivity contribution in [3.05, 3.63) is 59.4 Å². The number of hydrogen-bond acceptors (Lipinski definition) is 4. The van der Waals surface area contributed by atoms with Crippen LogP contribution in [0.3, 0.4) is 0 Å². The van der Waals surface area contributed by atoms with Gasteiger partial charge in [-0.25, -0.2) is 4.39 Å². The van der Waals surface area contributed by atoms with Crippen LogP contribution in [0, 0.1) is 5.82 Å². The van der Waals surface area contributed by atoms with Crippen LogP contribution in [0.1, 0.15) is 17.5 Å². The van der Waals surface area contributed by atoms with Crippen LogP contribution in [0.4, 0.5) is 4.39 Å². The molecule has 0 amide bonds. The van der Waals surface area contributed by atoms with E-state index in [9.17, 15) is 4.39 Å². The van der Waals surface area contributed by atoms with Crippen LogP contribution in [0.15, 0.2) is 42.5 Å². The molecule has 26 heavy (non-hydrogen) atoms. The maximum Gasteiger partial charge on any atom is 0.164 e. The van der Waals surface area contributed by atoms with Crippen LogP contribution in [0.2, 0.25) is 0 Å². The molecule has 0 saturated carbocycles. The van der Waals surface area contributed by atoms with Crippen LogP contribution in [-0.2, 0) is 17.8 Å². The Morgan fingerprint density at radius 2 is 1.92 bits per heavy atom. The van der Waals surface area contributed by atoms with Crippen molar-refractivity contribution in [3.8, 4) is 11.5 Å². The standard InChI is InChI=1S/C21H26FNO3/c1-24-20-9-3-6-18(7-4-10-23-11-13-25-14-12-23)21(20)26-16-17-5-2-8-19(22)15-17/h2-3,5-6,8-9,15H,4,7,10-14,16H2,1H3. The first-order valence-corrected chi connectivity index (χ1v) is 9.09. The highest BCUT2D eigenvalue weighted by molar-refractivity contribution is 5.46. The molecular weight excluding hydrogens is 333 g/mol. The van der Waals surface area contributed by atoms with Gasteiger partial charge in [0.05, 0.1) is 20.3 Å². The van der Waals surface area contributed by atoms with Crippen molar-refractivity contribution in [2.24, 2.45) is 0 Å². The Morgan fingerprint density at radius 1 is 1.12 bits per heavy atom. The first-order valence-electron chi connectivity index (χ1n) is 9.09. The summed E-state index contributed by atoms with van der Waals surface area (Å²) in [5, 5.41) is 0. The molecule has 1 aliphatic rings. The molecular formula is C21H26FNO3. The molecule has 0 spiro atoms. The van der Waals surface area contributed by atoms with Crippen molar-refractivity contribution in [3.63, 3.8) is 0 Å². The van der Waals surface area contributed by atoms with E-state index in [4.69, 9.17) is 14.2 Å². The molecule has 0 bridgehead atoms. The van der Waals surface area contributed by atoms with Crippen LogP contribution < -0.4 is 9.47 Å². The lowest BCUT2D eigenvalue weighted by Crippen LogP contribution is -2.36. The molecule has 0 aromatic heterocycles. The number of nitrogens with zero attached hydrogens (tertiary/aromatic N) is 1. The second kappa shape index (κ2) is 9.55. The quantitative estimate of drug-likeness (QED) is 0.719. The first kappa shape index (κ1) is 18.7. The summed E-state index contributed by atoms with van der Waals surface area (Å²) in [7, 11) is 1.64. The molecule has 1 saturated heterocycles. The molecule has 0 radical (unpaired) electrons. The fraction of sp³-hybridized carbons (Fsp3) is 0.429. The van der Waals surface area contributed by atoms with E-state index >= 15 is 0 Å². The summed E-state index contributed by atoms with van der Waals surface area (Å²) in [6.07, 6.45) is 1.95. The number of benzene rings is 2. The van der Waals surface area contributed by atoms with E-state index in [0.717, 1.165) is 62.6 Å². The van der Waals surface area contributed by atoms with Gasteiger partial charge < -0.3 is 14.2 Å². The predicted molar refractivity (Wildman–Crippen MR) is 99.3 cm³/mol. The third-order valence-corrected chi connectivity index (χ3v) is 4.58. The van der Waals surface area contributed by atoms with E-state index in [0.29, 0.717) is 12.4 Å². The van der Waals surface area contributed by atoms with E-state index in [1.54, 1.807) is 13.2 Å². The van der Waals surface area contributed by atoms with Gasteiger partial charge in [-0.05, 0) is 48.7 Å². The molecule has 2 aromatic rings. The molecule has 1 heterocycles. The molecule has 3 rings (SSSR count). The normalized spacial score (nSPS) is 15.0. The average Bonchev–Trinajstić information content (AvgIpc) is 2.67. The highest BCUT2D eigenvalue weighted by Crippen LogP contribution is 2.32. The molecule has 140 valence electrons. The van der Waals surface area contributed by atoms with Crippen molar-refractivity contribution in [2.75, 3.05) is 40.0 Å². The average molecular weight is 359 g/mol. The van der Waals surface area contributed by atoms with Gasteiger partial charge in [-0.3, -0.25) is 4.90 Å². The van der Waals surface area contributed by atoms with Crippen LogP contribution in [0.5, 0.6) is 11.5 Å². The number of hydrogen-bond donors (Lipinski definition) is 0. The number of rotatable bonds is 8. The second-order valence-corrected chi connectivity index (χ2v) is 6.42. The van der Waals surface area contributed by atoms with E-state index in [2.05, 4.69) is 11.0 Å². The Bertz CT molecular complexity index is 701. The Hall–Kier alpha value is -2.11. The number of methoxy groups -OCH3 is 1. The Balaban J connectivity index is 1.63. The summed E-state index contributed by atoms with van der Waals surface area (Å²) < 4.78 is 30.2. The van der Waals surface area contributed by atoms with Gasteiger partial charge in [0, 0.05) is 13.1 Å². The molecule has 2 aromatic carbocycles. The van der Waals surface area contributed by atoms with Gasteiger partial charge in [-0.1, -0.05) is 24.3 Å². The number of para-hydroxylation sites is 1. The van der Waals surface area contributed by atoms with Crippen molar-refractivity contribution in [1.82, 2.24) is 4.90 Å². The van der Waals surface area contributed by atoms with Gasteiger partial charge in [0.15, 0.2) is 11.5 Å². The number of aryl methyl sites for hydroxylation is 1. The lowest BCUT2D eigenvalue weighted by atomic mass is 10.1. The summed E-state index contributed by atoms with van der Waals surface area (Å²) in [5.41, 5.74) is 1.92. The van der Waals surface area contributed by atoms with Gasteiger partial charge in [0.1, 0.15) is 12.4 Å². The molecule has 0 aliphatic carbocycles. The van der Waals surface area contributed by atoms with Gasteiger partial charge >= 0.3 is 0 Å². The number of ether oxygens (including phenoxy) is 3. The molecule has 1 fully saturated rings. The summed E-state index contributed by atoms with van der Waals surface area (Å²) >= 11 is 0. The molecule has 1 aliphatic heterocycles. The van der Waals surface area contributed by atoms with Crippen molar-refractivity contribution < 1.29 is 18.6 Å². The van der Waals surface area contributed by atoms with Gasteiger partial charge in [-0.15, -0.1) is 0 Å². The minimum absolute atomic E-state index is 0.253. The first-order chi connectivity index (χ1) is 12.8. The smallest absolute Gasteiger partial charge is 0.164 e. The highest BCUT2D eigenvalue weighted by Gasteiger charge is 2.13. The van der Waals surface area contributed by atoms with E-state index in [1.165, 1.54) is 12.1 Å².